The summed E-state index contributed by atoms with van der Waals surface area (Å²) in [6.45, 7) is 9.83. The Balaban J connectivity index is 0. The summed E-state index contributed by atoms with van der Waals surface area (Å²) in [5.74, 6) is -0.807. The van der Waals surface area contributed by atoms with Crippen molar-refractivity contribution in [2.45, 2.75) is 72.0 Å². The molecule has 0 aromatic rings. The van der Waals surface area contributed by atoms with Gasteiger partial charge in [0.15, 0.2) is 5.79 Å². The molecule has 4 nitrogen and oxygen atoms in total. The highest BCUT2D eigenvalue weighted by Crippen LogP contribution is 2.14. The zero-order valence-corrected chi connectivity index (χ0v) is 13.2. The van der Waals surface area contributed by atoms with E-state index in [1.165, 1.54) is 0 Å². The van der Waals surface area contributed by atoms with E-state index >= 15 is 0 Å². The van der Waals surface area contributed by atoms with Crippen molar-refractivity contribution in [3.63, 3.8) is 0 Å². The number of aliphatic hydroxyl groups excluding tert-OH is 1. The summed E-state index contributed by atoms with van der Waals surface area (Å²) in [5, 5.41) is 26.6. The van der Waals surface area contributed by atoms with Crippen LogP contribution in [0.5, 0.6) is 0 Å². The van der Waals surface area contributed by atoms with Gasteiger partial charge < -0.3 is 20.1 Å². The molecule has 0 saturated heterocycles. The minimum atomic E-state index is -1.41. The lowest BCUT2D eigenvalue weighted by atomic mass is 10.1. The fourth-order valence-corrected chi connectivity index (χ4v) is 1.32. The predicted octanol–water partition coefficient (Wildman–Crippen LogP) is 2.70. The van der Waals surface area contributed by atoms with Gasteiger partial charge in [-0.25, -0.2) is 0 Å². The van der Waals surface area contributed by atoms with Gasteiger partial charge in [-0.1, -0.05) is 40.5 Å². The standard InChI is InChI=1S/C8H18O2.C7H16O2/c1-3-5-6-7-8(9,10)4-2;1-7(2)6-9-5-3-4-8/h9-10H,3-7H2,1-2H3;7-8H,3-6H2,1-2H3. The molecule has 0 aliphatic rings. The van der Waals surface area contributed by atoms with Crippen molar-refractivity contribution in [3.05, 3.63) is 0 Å². The Hall–Kier alpha value is -0.160. The van der Waals surface area contributed by atoms with E-state index in [0.717, 1.165) is 32.3 Å². The number of unbranched alkanes of at least 4 members (excludes halogenated alkanes) is 2. The molecule has 0 aliphatic carbocycles. The van der Waals surface area contributed by atoms with E-state index in [4.69, 9.17) is 20.1 Å². The fourth-order valence-electron chi connectivity index (χ4n) is 1.32. The summed E-state index contributed by atoms with van der Waals surface area (Å²) in [6.07, 6.45) is 4.82. The molecular weight excluding hydrogens is 244 g/mol. The van der Waals surface area contributed by atoms with Gasteiger partial charge in [0.1, 0.15) is 0 Å². The Morgan fingerprint density at radius 3 is 2.11 bits per heavy atom. The largest absolute Gasteiger partial charge is 0.396 e. The SMILES string of the molecule is CC(C)COCCCO.CCCCCC(O)(O)CC. The first-order valence-electron chi connectivity index (χ1n) is 7.53. The van der Waals surface area contributed by atoms with Gasteiger partial charge in [-0.2, -0.15) is 0 Å². The fraction of sp³-hybridized carbons (Fsp3) is 1.00. The normalized spacial score (nSPS) is 11.4. The highest BCUT2D eigenvalue weighted by Gasteiger charge is 2.18. The van der Waals surface area contributed by atoms with Crippen LogP contribution in [0.15, 0.2) is 0 Å². The molecule has 0 fully saturated rings. The molecule has 118 valence electrons. The monoisotopic (exact) mass is 278 g/mol. The first kappa shape index (κ1) is 21.1. The van der Waals surface area contributed by atoms with Crippen LogP contribution in [0.3, 0.4) is 0 Å². The van der Waals surface area contributed by atoms with Crippen molar-refractivity contribution >= 4 is 0 Å². The van der Waals surface area contributed by atoms with Crippen LogP contribution in [0.2, 0.25) is 0 Å². The van der Waals surface area contributed by atoms with Crippen LogP contribution < -0.4 is 0 Å². The molecule has 0 rings (SSSR count). The first-order chi connectivity index (χ1) is 8.89. The van der Waals surface area contributed by atoms with Crippen molar-refractivity contribution in [1.82, 2.24) is 0 Å². The van der Waals surface area contributed by atoms with Gasteiger partial charge in [0.2, 0.25) is 0 Å². The molecule has 19 heavy (non-hydrogen) atoms. The third-order valence-electron chi connectivity index (χ3n) is 2.64. The molecule has 0 spiro atoms. The number of ether oxygens (including phenoxy) is 1. The smallest absolute Gasteiger partial charge is 0.162 e. The topological polar surface area (TPSA) is 69.9 Å². The van der Waals surface area contributed by atoms with Gasteiger partial charge in [0.25, 0.3) is 0 Å². The quantitative estimate of drug-likeness (QED) is 0.424. The minimum absolute atomic E-state index is 0.234. The van der Waals surface area contributed by atoms with Crippen molar-refractivity contribution in [2.24, 2.45) is 5.92 Å². The van der Waals surface area contributed by atoms with E-state index in [1.54, 1.807) is 6.92 Å². The van der Waals surface area contributed by atoms with Crippen LogP contribution in [0.1, 0.15) is 66.2 Å². The molecule has 0 unspecified atom stereocenters. The van der Waals surface area contributed by atoms with Gasteiger partial charge in [-0.05, 0) is 25.2 Å². The lowest BCUT2D eigenvalue weighted by molar-refractivity contribution is -0.167. The average Bonchev–Trinajstić information content (AvgIpc) is 2.35. The molecule has 0 bridgehead atoms. The second kappa shape index (κ2) is 14.3. The lowest BCUT2D eigenvalue weighted by Gasteiger charge is -2.18. The van der Waals surface area contributed by atoms with Gasteiger partial charge >= 0.3 is 0 Å². The molecule has 0 aromatic carbocycles. The van der Waals surface area contributed by atoms with Gasteiger partial charge in [-0.3, -0.25) is 0 Å². The molecule has 3 N–H and O–H groups in total. The Bertz CT molecular complexity index is 170. The summed E-state index contributed by atoms with van der Waals surface area (Å²) in [7, 11) is 0. The molecule has 0 saturated carbocycles. The number of hydrogen-bond acceptors (Lipinski definition) is 4. The average molecular weight is 278 g/mol. The second-order valence-electron chi connectivity index (χ2n) is 5.34. The summed E-state index contributed by atoms with van der Waals surface area (Å²) in [5.41, 5.74) is 0. The van der Waals surface area contributed by atoms with E-state index < -0.39 is 5.79 Å². The van der Waals surface area contributed by atoms with Crippen LogP contribution in [0.25, 0.3) is 0 Å². The van der Waals surface area contributed by atoms with E-state index in [-0.39, 0.29) is 6.61 Å². The number of hydrogen-bond donors (Lipinski definition) is 3. The van der Waals surface area contributed by atoms with E-state index in [1.807, 2.05) is 0 Å². The minimum Gasteiger partial charge on any atom is -0.396 e. The molecule has 0 heterocycles. The molecule has 0 aromatic heterocycles. The van der Waals surface area contributed by atoms with Crippen molar-refractivity contribution in [3.8, 4) is 0 Å². The number of rotatable bonds is 10. The summed E-state index contributed by atoms with van der Waals surface area (Å²) in [6, 6.07) is 0. The maximum Gasteiger partial charge on any atom is 0.162 e. The Labute approximate surface area is 118 Å². The Kier molecular flexibility index (Phi) is 15.9. The Morgan fingerprint density at radius 1 is 1.05 bits per heavy atom. The lowest BCUT2D eigenvalue weighted by Crippen LogP contribution is -2.26. The first-order valence-corrected chi connectivity index (χ1v) is 7.53. The summed E-state index contributed by atoms with van der Waals surface area (Å²) >= 11 is 0. The second-order valence-corrected chi connectivity index (χ2v) is 5.34. The Morgan fingerprint density at radius 2 is 1.68 bits per heavy atom. The summed E-state index contributed by atoms with van der Waals surface area (Å²) < 4.78 is 5.18. The van der Waals surface area contributed by atoms with Crippen LogP contribution in [-0.4, -0.2) is 40.9 Å². The zero-order valence-electron chi connectivity index (χ0n) is 13.2. The van der Waals surface area contributed by atoms with E-state index in [0.29, 0.717) is 25.4 Å². The highest BCUT2D eigenvalue weighted by atomic mass is 16.5. The van der Waals surface area contributed by atoms with Crippen LogP contribution >= 0.6 is 0 Å². The van der Waals surface area contributed by atoms with Crippen molar-refractivity contribution in [2.75, 3.05) is 19.8 Å². The molecule has 0 radical (unpaired) electrons. The predicted molar refractivity (Wildman–Crippen MR) is 79.0 cm³/mol. The van der Waals surface area contributed by atoms with Crippen LogP contribution in [0.4, 0.5) is 0 Å². The third kappa shape index (κ3) is 20.3. The zero-order chi connectivity index (χ0) is 15.1. The highest BCUT2D eigenvalue weighted by molar-refractivity contribution is 4.60. The van der Waals surface area contributed by atoms with E-state index in [9.17, 15) is 0 Å². The van der Waals surface area contributed by atoms with Gasteiger partial charge in [0.05, 0.1) is 0 Å². The van der Waals surface area contributed by atoms with Gasteiger partial charge in [-0.15, -0.1) is 0 Å². The van der Waals surface area contributed by atoms with Crippen molar-refractivity contribution in [1.29, 1.82) is 0 Å². The molecular formula is C15H34O4. The molecule has 0 atom stereocenters. The summed E-state index contributed by atoms with van der Waals surface area (Å²) in [4.78, 5) is 0. The molecule has 0 aliphatic heterocycles. The molecule has 4 heteroatoms. The van der Waals surface area contributed by atoms with Crippen LogP contribution in [-0.2, 0) is 4.74 Å². The maximum absolute atomic E-state index is 9.11. The van der Waals surface area contributed by atoms with Crippen LogP contribution in [0, 0.1) is 5.92 Å². The number of aliphatic hydroxyl groups is 3. The van der Waals surface area contributed by atoms with Gasteiger partial charge in [0, 0.05) is 26.2 Å². The van der Waals surface area contributed by atoms with E-state index in [2.05, 4.69) is 20.8 Å². The van der Waals surface area contributed by atoms with Crippen molar-refractivity contribution < 1.29 is 20.1 Å². The maximum atomic E-state index is 9.11. The molecule has 0 amide bonds. The third-order valence-corrected chi connectivity index (χ3v) is 2.64.